The molecule has 5 nitrogen and oxygen atoms in total. The number of nitrogens with zero attached hydrogens (tertiary/aromatic N) is 1. The number of carbonyl (C=O) groups excluding carboxylic acids is 2. The predicted molar refractivity (Wildman–Crippen MR) is 107 cm³/mol. The lowest BCUT2D eigenvalue weighted by molar-refractivity contribution is -0.117. The van der Waals surface area contributed by atoms with E-state index in [4.69, 9.17) is 0 Å². The van der Waals surface area contributed by atoms with Crippen molar-refractivity contribution in [3.63, 3.8) is 0 Å². The largest absolute Gasteiger partial charge is 0.326 e. The molecule has 2 aliphatic rings. The van der Waals surface area contributed by atoms with Crippen molar-refractivity contribution < 1.29 is 18.4 Å². The van der Waals surface area contributed by atoms with Gasteiger partial charge in [-0.05, 0) is 67.6 Å². The van der Waals surface area contributed by atoms with Crippen molar-refractivity contribution in [1.82, 2.24) is 4.90 Å². The number of benzene rings is 2. The number of hydrogen-bond donors (Lipinski definition) is 2. The van der Waals surface area contributed by atoms with Gasteiger partial charge in [0.2, 0.25) is 5.91 Å². The van der Waals surface area contributed by atoms with Gasteiger partial charge in [-0.1, -0.05) is 6.07 Å². The van der Waals surface area contributed by atoms with E-state index >= 15 is 0 Å². The Morgan fingerprint density at radius 1 is 0.966 bits per heavy atom. The average Bonchev–Trinajstić information content (AvgIpc) is 3.56. The Bertz CT molecular complexity index is 930. The standard InChI is InChI=1S/C22H23F2N3O2/c23-16-8-9-20(24)19(11-16)15-3-2-10-27(13-15)22(29)26-18-5-1-4-17(12-18)25-21(28)14-6-7-14/h1,4-5,8-9,11-12,14-15H,2-3,6-7,10,13H2,(H,25,28)(H,26,29)/t15-/m1/s1. The Balaban J connectivity index is 1.40. The van der Waals surface area contributed by atoms with Crippen molar-refractivity contribution in [1.29, 1.82) is 0 Å². The molecule has 0 unspecified atom stereocenters. The van der Waals surface area contributed by atoms with E-state index in [0.29, 0.717) is 42.9 Å². The summed E-state index contributed by atoms with van der Waals surface area (Å²) in [5, 5.41) is 5.69. The number of carbonyl (C=O) groups is 2. The zero-order chi connectivity index (χ0) is 20.4. The quantitative estimate of drug-likeness (QED) is 0.781. The molecule has 0 spiro atoms. The summed E-state index contributed by atoms with van der Waals surface area (Å²) in [7, 11) is 0. The number of rotatable bonds is 4. The second kappa shape index (κ2) is 8.19. The lowest BCUT2D eigenvalue weighted by Crippen LogP contribution is -2.41. The van der Waals surface area contributed by atoms with Crippen LogP contribution in [0.3, 0.4) is 0 Å². The maximum absolute atomic E-state index is 14.1. The topological polar surface area (TPSA) is 61.4 Å². The molecule has 1 aliphatic heterocycles. The van der Waals surface area contributed by atoms with Gasteiger partial charge in [0, 0.05) is 36.3 Å². The second-order valence-electron chi connectivity index (χ2n) is 7.73. The minimum atomic E-state index is -0.479. The second-order valence-corrected chi connectivity index (χ2v) is 7.73. The van der Waals surface area contributed by atoms with E-state index in [1.54, 1.807) is 29.2 Å². The SMILES string of the molecule is O=C(Nc1cccc(NC(=O)N2CCC[C@@H](c3cc(F)ccc3F)C2)c1)C1CC1. The van der Waals surface area contributed by atoms with Gasteiger partial charge >= 0.3 is 6.03 Å². The molecule has 2 aromatic carbocycles. The fourth-order valence-corrected chi connectivity index (χ4v) is 3.71. The van der Waals surface area contributed by atoms with Gasteiger partial charge in [-0.2, -0.15) is 0 Å². The highest BCUT2D eigenvalue weighted by Crippen LogP contribution is 2.31. The highest BCUT2D eigenvalue weighted by atomic mass is 19.1. The fraction of sp³-hybridized carbons (Fsp3) is 0.364. The van der Waals surface area contributed by atoms with Crippen LogP contribution in [0.1, 0.15) is 37.2 Å². The summed E-state index contributed by atoms with van der Waals surface area (Å²) in [5.74, 6) is -1.06. The Kier molecular flexibility index (Phi) is 5.47. The van der Waals surface area contributed by atoms with E-state index in [2.05, 4.69) is 10.6 Å². The summed E-state index contributed by atoms with van der Waals surface area (Å²) in [6.45, 7) is 0.877. The zero-order valence-corrected chi connectivity index (χ0v) is 16.0. The smallest absolute Gasteiger partial charge is 0.321 e. The molecule has 1 saturated carbocycles. The Morgan fingerprint density at radius 3 is 2.48 bits per heavy atom. The first-order valence-electron chi connectivity index (χ1n) is 9.91. The third kappa shape index (κ3) is 4.72. The Labute approximate surface area is 168 Å². The molecule has 0 radical (unpaired) electrons. The molecule has 2 fully saturated rings. The molecule has 1 heterocycles. The monoisotopic (exact) mass is 399 g/mol. The first-order chi connectivity index (χ1) is 14.0. The fourth-order valence-electron chi connectivity index (χ4n) is 3.71. The van der Waals surface area contributed by atoms with Gasteiger partial charge in [0.05, 0.1) is 0 Å². The maximum atomic E-state index is 14.1. The van der Waals surface area contributed by atoms with E-state index in [1.807, 2.05) is 0 Å². The zero-order valence-electron chi connectivity index (χ0n) is 16.0. The Hall–Kier alpha value is -2.96. The minimum Gasteiger partial charge on any atom is -0.326 e. The van der Waals surface area contributed by atoms with Crippen LogP contribution in [0.15, 0.2) is 42.5 Å². The van der Waals surface area contributed by atoms with Crippen molar-refractivity contribution >= 4 is 23.3 Å². The number of hydrogen-bond acceptors (Lipinski definition) is 2. The van der Waals surface area contributed by atoms with E-state index in [-0.39, 0.29) is 23.8 Å². The van der Waals surface area contributed by atoms with Crippen LogP contribution in [0.2, 0.25) is 0 Å². The highest BCUT2D eigenvalue weighted by molar-refractivity contribution is 5.95. The summed E-state index contributed by atoms with van der Waals surface area (Å²) in [6, 6.07) is 10.2. The molecule has 1 atom stereocenters. The number of piperidine rings is 1. The van der Waals surface area contributed by atoms with E-state index in [9.17, 15) is 18.4 Å². The van der Waals surface area contributed by atoms with Gasteiger partial charge < -0.3 is 15.5 Å². The third-order valence-corrected chi connectivity index (χ3v) is 5.44. The van der Waals surface area contributed by atoms with E-state index < -0.39 is 11.6 Å². The molecule has 29 heavy (non-hydrogen) atoms. The van der Waals surface area contributed by atoms with Crippen LogP contribution in [0.4, 0.5) is 25.0 Å². The van der Waals surface area contributed by atoms with Gasteiger partial charge in [-0.15, -0.1) is 0 Å². The molecule has 2 N–H and O–H groups in total. The molecule has 3 amide bonds. The molecule has 0 aromatic heterocycles. The average molecular weight is 399 g/mol. The first kappa shape index (κ1) is 19.4. The number of amides is 3. The van der Waals surface area contributed by atoms with Crippen LogP contribution >= 0.6 is 0 Å². The highest BCUT2D eigenvalue weighted by Gasteiger charge is 2.30. The van der Waals surface area contributed by atoms with Crippen molar-refractivity contribution in [3.8, 4) is 0 Å². The van der Waals surface area contributed by atoms with Gasteiger partial charge in [-0.25, -0.2) is 13.6 Å². The molecular formula is C22H23F2N3O2. The molecule has 2 aromatic rings. The number of likely N-dealkylation sites (tertiary alicyclic amines) is 1. The van der Waals surface area contributed by atoms with Crippen LogP contribution in [-0.2, 0) is 4.79 Å². The maximum Gasteiger partial charge on any atom is 0.321 e. The van der Waals surface area contributed by atoms with Gasteiger partial charge in [0.1, 0.15) is 11.6 Å². The van der Waals surface area contributed by atoms with E-state index in [0.717, 1.165) is 25.0 Å². The van der Waals surface area contributed by atoms with Gasteiger partial charge in [0.25, 0.3) is 0 Å². The van der Waals surface area contributed by atoms with Crippen molar-refractivity contribution in [2.24, 2.45) is 5.92 Å². The van der Waals surface area contributed by atoms with E-state index in [1.165, 1.54) is 6.07 Å². The number of nitrogens with one attached hydrogen (secondary N) is 2. The lowest BCUT2D eigenvalue weighted by Gasteiger charge is -2.33. The molecular weight excluding hydrogens is 376 g/mol. The summed E-state index contributed by atoms with van der Waals surface area (Å²) in [6.07, 6.45) is 3.26. The first-order valence-corrected chi connectivity index (χ1v) is 9.91. The van der Waals surface area contributed by atoms with Crippen molar-refractivity contribution in [3.05, 3.63) is 59.7 Å². The summed E-state index contributed by atoms with van der Waals surface area (Å²) < 4.78 is 27.7. The minimum absolute atomic E-state index is 0.00414. The summed E-state index contributed by atoms with van der Waals surface area (Å²) in [4.78, 5) is 26.2. The van der Waals surface area contributed by atoms with Crippen LogP contribution in [0, 0.1) is 17.6 Å². The molecule has 1 saturated heterocycles. The van der Waals surface area contributed by atoms with Gasteiger partial charge in [-0.3, -0.25) is 4.79 Å². The van der Waals surface area contributed by atoms with Crippen molar-refractivity contribution in [2.75, 3.05) is 23.7 Å². The molecule has 0 bridgehead atoms. The molecule has 7 heteroatoms. The van der Waals surface area contributed by atoms with Crippen LogP contribution in [0.25, 0.3) is 0 Å². The lowest BCUT2D eigenvalue weighted by atomic mass is 9.90. The third-order valence-electron chi connectivity index (χ3n) is 5.44. The molecule has 1 aliphatic carbocycles. The summed E-state index contributed by atoms with van der Waals surface area (Å²) in [5.41, 5.74) is 1.52. The van der Waals surface area contributed by atoms with Crippen molar-refractivity contribution in [2.45, 2.75) is 31.6 Å². The van der Waals surface area contributed by atoms with Crippen LogP contribution < -0.4 is 10.6 Å². The van der Waals surface area contributed by atoms with Crippen LogP contribution in [0.5, 0.6) is 0 Å². The predicted octanol–water partition coefficient (Wildman–Crippen LogP) is 4.72. The number of halogens is 2. The molecule has 152 valence electrons. The summed E-state index contributed by atoms with van der Waals surface area (Å²) >= 11 is 0. The van der Waals surface area contributed by atoms with Crippen LogP contribution in [-0.4, -0.2) is 29.9 Å². The number of urea groups is 1. The van der Waals surface area contributed by atoms with Gasteiger partial charge in [0.15, 0.2) is 0 Å². The normalized spacial score (nSPS) is 19.0. The number of anilines is 2. The molecule has 4 rings (SSSR count). The Morgan fingerprint density at radius 2 is 1.72 bits per heavy atom.